The lowest BCUT2D eigenvalue weighted by Crippen LogP contribution is -2.22. The van der Waals surface area contributed by atoms with Gasteiger partial charge in [-0.15, -0.1) is 0 Å². The van der Waals surface area contributed by atoms with Crippen molar-refractivity contribution in [3.63, 3.8) is 0 Å². The molecule has 1 aromatic rings. The summed E-state index contributed by atoms with van der Waals surface area (Å²) in [5, 5.41) is 0. The zero-order valence-corrected chi connectivity index (χ0v) is 10.5. The molecule has 2 amide bonds. The van der Waals surface area contributed by atoms with Crippen molar-refractivity contribution in [1.82, 2.24) is 0 Å². The molecule has 0 saturated heterocycles. The second-order valence-electron chi connectivity index (χ2n) is 3.35. The molecule has 4 N–H and O–H groups in total. The normalized spacial score (nSPS) is 11.6. The molecule has 0 bridgehead atoms. The first-order valence-electron chi connectivity index (χ1n) is 4.95. The quantitative estimate of drug-likeness (QED) is 0.593. The lowest BCUT2D eigenvalue weighted by molar-refractivity contribution is -0.121. The summed E-state index contributed by atoms with van der Waals surface area (Å²) in [4.78, 5) is 21.2. The highest BCUT2D eigenvalue weighted by Crippen LogP contribution is 2.29. The van der Waals surface area contributed by atoms with Crippen LogP contribution in [0.5, 0.6) is 11.5 Å². The summed E-state index contributed by atoms with van der Waals surface area (Å²) in [6, 6.07) is 3.67. The van der Waals surface area contributed by atoms with Gasteiger partial charge >= 0.3 is 0 Å². The van der Waals surface area contributed by atoms with E-state index in [-0.39, 0.29) is 16.4 Å². The van der Waals surface area contributed by atoms with E-state index in [9.17, 15) is 18.4 Å². The maximum absolute atomic E-state index is 10.8. The molecule has 0 radical (unpaired) electrons. The molecule has 0 aliphatic carbocycles. The monoisotopic (exact) mass is 287 g/mol. The second kappa shape index (κ2) is 6.71. The van der Waals surface area contributed by atoms with Crippen LogP contribution in [0.4, 0.5) is 0 Å². The first kappa shape index (κ1) is 14.9. The lowest BCUT2D eigenvalue weighted by Gasteiger charge is -2.13. The van der Waals surface area contributed by atoms with Gasteiger partial charge in [0.1, 0.15) is 0 Å². The van der Waals surface area contributed by atoms with Crippen LogP contribution in [0.15, 0.2) is 23.1 Å². The Morgan fingerprint density at radius 2 is 1.63 bits per heavy atom. The van der Waals surface area contributed by atoms with Gasteiger partial charge in [0.2, 0.25) is 0 Å². The molecule has 0 aromatic heterocycles. The first-order chi connectivity index (χ1) is 8.90. The van der Waals surface area contributed by atoms with Crippen molar-refractivity contribution < 1.29 is 27.8 Å². The van der Waals surface area contributed by atoms with Crippen molar-refractivity contribution in [3.8, 4) is 11.5 Å². The van der Waals surface area contributed by atoms with Crippen molar-refractivity contribution in [2.24, 2.45) is 11.5 Å². The van der Waals surface area contributed by atoms with Crippen molar-refractivity contribution in [3.05, 3.63) is 18.2 Å². The SMILES string of the molecule is NC(=O)COc1ccc(S(=O)[O-])cc1OCC(N)=O. The number of ether oxygens (including phenoxy) is 2. The Hall–Kier alpha value is -2.13. The predicted molar refractivity (Wildman–Crippen MR) is 63.0 cm³/mol. The maximum Gasteiger partial charge on any atom is 0.255 e. The predicted octanol–water partition coefficient (Wildman–Crippen LogP) is -1.35. The Kier molecular flexibility index (Phi) is 5.27. The minimum atomic E-state index is -2.47. The fourth-order valence-corrected chi connectivity index (χ4v) is 1.50. The van der Waals surface area contributed by atoms with Gasteiger partial charge in [0.15, 0.2) is 24.7 Å². The zero-order valence-electron chi connectivity index (χ0n) is 9.66. The Morgan fingerprint density at radius 1 is 1.11 bits per heavy atom. The number of carbonyl (C=O) groups is 2. The number of rotatable bonds is 7. The molecular formula is C10H11N2O6S-. The van der Waals surface area contributed by atoms with E-state index in [0.717, 1.165) is 6.07 Å². The molecule has 104 valence electrons. The van der Waals surface area contributed by atoms with Crippen LogP contribution in [0.25, 0.3) is 0 Å². The number of benzene rings is 1. The van der Waals surface area contributed by atoms with Crippen molar-refractivity contribution >= 4 is 22.9 Å². The van der Waals surface area contributed by atoms with Gasteiger partial charge in [-0.1, -0.05) is 0 Å². The van der Waals surface area contributed by atoms with E-state index in [1.807, 2.05) is 0 Å². The fraction of sp³-hybridized carbons (Fsp3) is 0.200. The van der Waals surface area contributed by atoms with Crippen LogP contribution in [0.3, 0.4) is 0 Å². The van der Waals surface area contributed by atoms with Crippen LogP contribution in [0, 0.1) is 0 Å². The van der Waals surface area contributed by atoms with Crippen molar-refractivity contribution in [2.45, 2.75) is 4.90 Å². The van der Waals surface area contributed by atoms with E-state index in [1.165, 1.54) is 12.1 Å². The smallest absolute Gasteiger partial charge is 0.255 e. The van der Waals surface area contributed by atoms with E-state index in [1.54, 1.807) is 0 Å². The summed E-state index contributed by atoms with van der Waals surface area (Å²) < 4.78 is 31.6. The minimum absolute atomic E-state index is 0.0262. The summed E-state index contributed by atoms with van der Waals surface area (Å²) >= 11 is -2.47. The molecule has 0 saturated carbocycles. The van der Waals surface area contributed by atoms with Crippen LogP contribution in [0.2, 0.25) is 0 Å². The molecule has 1 rings (SSSR count). The van der Waals surface area contributed by atoms with Gasteiger partial charge < -0.3 is 25.5 Å². The second-order valence-corrected chi connectivity index (χ2v) is 4.29. The van der Waals surface area contributed by atoms with Gasteiger partial charge in [-0.2, -0.15) is 0 Å². The van der Waals surface area contributed by atoms with Crippen molar-refractivity contribution in [1.29, 1.82) is 0 Å². The van der Waals surface area contributed by atoms with Crippen LogP contribution in [-0.4, -0.2) is 33.8 Å². The van der Waals surface area contributed by atoms with E-state index in [2.05, 4.69) is 0 Å². The van der Waals surface area contributed by atoms with E-state index in [0.29, 0.717) is 0 Å². The highest BCUT2D eigenvalue weighted by Gasteiger charge is 2.09. The highest BCUT2D eigenvalue weighted by atomic mass is 32.2. The fourth-order valence-electron chi connectivity index (χ4n) is 1.12. The topological polar surface area (TPSA) is 145 Å². The van der Waals surface area contributed by atoms with Gasteiger partial charge in [0.05, 0.1) is 0 Å². The molecular weight excluding hydrogens is 276 g/mol. The number of amides is 2. The standard InChI is InChI=1S/C10H12N2O6S/c11-9(13)4-17-7-2-1-6(19(15)16)3-8(7)18-5-10(12)14/h1-3H,4-5H2,(H2,11,13)(H2,12,14)(H,15,16)/p-1. The Balaban J connectivity index is 2.96. The number of primary amides is 2. The Bertz CT molecular complexity index is 519. The molecule has 1 aromatic carbocycles. The van der Waals surface area contributed by atoms with Gasteiger partial charge in [-0.05, 0) is 29.3 Å². The third-order valence-electron chi connectivity index (χ3n) is 1.85. The zero-order chi connectivity index (χ0) is 14.4. The lowest BCUT2D eigenvalue weighted by atomic mass is 10.3. The molecule has 19 heavy (non-hydrogen) atoms. The third kappa shape index (κ3) is 4.94. The number of hydrogen-bond acceptors (Lipinski definition) is 6. The molecule has 9 heteroatoms. The van der Waals surface area contributed by atoms with Gasteiger partial charge in [0, 0.05) is 4.90 Å². The van der Waals surface area contributed by atoms with E-state index >= 15 is 0 Å². The summed E-state index contributed by atoms with van der Waals surface area (Å²) in [5.74, 6) is -1.40. The average Bonchev–Trinajstić information content (AvgIpc) is 2.33. The maximum atomic E-state index is 10.8. The summed E-state index contributed by atoms with van der Waals surface area (Å²) in [5.41, 5.74) is 9.82. The molecule has 0 spiro atoms. The summed E-state index contributed by atoms with van der Waals surface area (Å²) in [6.45, 7) is -0.866. The first-order valence-corrected chi connectivity index (χ1v) is 6.03. The van der Waals surface area contributed by atoms with E-state index < -0.39 is 36.1 Å². The largest absolute Gasteiger partial charge is 0.768 e. The molecule has 1 atom stereocenters. The van der Waals surface area contributed by atoms with Gasteiger partial charge in [0.25, 0.3) is 11.8 Å². The number of hydrogen-bond donors (Lipinski definition) is 2. The molecule has 0 aliphatic rings. The molecule has 0 aliphatic heterocycles. The molecule has 0 fully saturated rings. The molecule has 8 nitrogen and oxygen atoms in total. The number of nitrogens with two attached hydrogens (primary N) is 2. The van der Waals surface area contributed by atoms with Crippen LogP contribution in [0.1, 0.15) is 0 Å². The van der Waals surface area contributed by atoms with Crippen LogP contribution < -0.4 is 20.9 Å². The van der Waals surface area contributed by atoms with Crippen LogP contribution >= 0.6 is 0 Å². The average molecular weight is 287 g/mol. The molecule has 1 unspecified atom stereocenters. The summed E-state index contributed by atoms with van der Waals surface area (Å²) in [7, 11) is 0. The highest BCUT2D eigenvalue weighted by molar-refractivity contribution is 7.79. The van der Waals surface area contributed by atoms with Crippen molar-refractivity contribution in [2.75, 3.05) is 13.2 Å². The van der Waals surface area contributed by atoms with Crippen LogP contribution in [-0.2, 0) is 20.7 Å². The Labute approximate surface area is 110 Å². The van der Waals surface area contributed by atoms with Gasteiger partial charge in [-0.3, -0.25) is 13.8 Å². The van der Waals surface area contributed by atoms with Gasteiger partial charge in [-0.25, -0.2) is 0 Å². The summed E-state index contributed by atoms with van der Waals surface area (Å²) in [6.07, 6.45) is 0. The molecule has 0 heterocycles. The third-order valence-corrected chi connectivity index (χ3v) is 2.49. The van der Waals surface area contributed by atoms with E-state index in [4.69, 9.17) is 20.9 Å². The minimum Gasteiger partial charge on any atom is -0.768 e. The number of carbonyl (C=O) groups excluding carboxylic acids is 2. The Morgan fingerprint density at radius 3 is 2.11 bits per heavy atom.